The minimum atomic E-state index is -1.39. The van der Waals surface area contributed by atoms with Gasteiger partial charge in [0.05, 0.1) is 28.5 Å². The number of halogens is 1. The molecule has 6 N–H and O–H groups in total. The van der Waals surface area contributed by atoms with E-state index in [9.17, 15) is 14.7 Å². The molecule has 0 spiro atoms. The number of allylic oxidation sites excluding steroid dienone is 3. The Hall–Kier alpha value is -3.69. The number of aromatic carboxylic acids is 1. The van der Waals surface area contributed by atoms with Crippen LogP contribution in [0.5, 0.6) is 5.75 Å². The SMILES string of the molecule is C/C=C\C=C(/NC)NCCNc1c(F)c(N)c2c(=O)c(C(=O)O)cn3c2c1OCC3C. The first kappa shape index (κ1) is 22.0. The number of anilines is 2. The summed E-state index contributed by atoms with van der Waals surface area (Å²) in [4.78, 5) is 24.2. The molecule has 1 atom stereocenters. The summed E-state index contributed by atoms with van der Waals surface area (Å²) in [6, 6.07) is -0.261. The van der Waals surface area contributed by atoms with Crippen molar-refractivity contribution in [2.75, 3.05) is 37.8 Å². The quantitative estimate of drug-likeness (QED) is 0.244. The van der Waals surface area contributed by atoms with E-state index in [0.717, 1.165) is 5.82 Å². The summed E-state index contributed by atoms with van der Waals surface area (Å²) in [5, 5.41) is 18.4. The minimum absolute atomic E-state index is 0.0402. The number of nitrogens with zero attached hydrogens (tertiary/aromatic N) is 1. The van der Waals surface area contributed by atoms with Gasteiger partial charge in [-0.05, 0) is 19.9 Å². The highest BCUT2D eigenvalue weighted by atomic mass is 19.1. The summed E-state index contributed by atoms with van der Waals surface area (Å²) in [6.45, 7) is 4.70. The lowest BCUT2D eigenvalue weighted by atomic mass is 10.0. The van der Waals surface area contributed by atoms with Crippen molar-refractivity contribution in [3.8, 4) is 5.75 Å². The molecule has 0 fully saturated rings. The van der Waals surface area contributed by atoms with Crippen molar-refractivity contribution in [2.45, 2.75) is 19.9 Å². The number of benzene rings is 1. The molecule has 1 aromatic carbocycles. The van der Waals surface area contributed by atoms with Gasteiger partial charge in [0, 0.05) is 26.3 Å². The zero-order chi connectivity index (χ0) is 22.7. The van der Waals surface area contributed by atoms with Crippen LogP contribution in [0, 0.1) is 5.82 Å². The van der Waals surface area contributed by atoms with Crippen molar-refractivity contribution < 1.29 is 19.0 Å². The third kappa shape index (κ3) is 4.00. The number of carboxylic acid groups (broad SMARTS) is 1. The molecule has 1 aliphatic rings. The van der Waals surface area contributed by atoms with Gasteiger partial charge in [-0.3, -0.25) is 4.79 Å². The van der Waals surface area contributed by atoms with Gasteiger partial charge in [-0.25, -0.2) is 9.18 Å². The van der Waals surface area contributed by atoms with E-state index in [1.165, 1.54) is 6.20 Å². The smallest absolute Gasteiger partial charge is 0.341 e. The van der Waals surface area contributed by atoms with Gasteiger partial charge in [0.25, 0.3) is 0 Å². The fourth-order valence-electron chi connectivity index (χ4n) is 3.47. The Morgan fingerprint density at radius 2 is 2.19 bits per heavy atom. The number of ether oxygens (including phenoxy) is 1. The van der Waals surface area contributed by atoms with E-state index in [1.807, 2.05) is 32.1 Å². The van der Waals surface area contributed by atoms with E-state index in [1.54, 1.807) is 11.6 Å². The van der Waals surface area contributed by atoms with Crippen LogP contribution >= 0.6 is 0 Å². The number of nitrogen functional groups attached to an aromatic ring is 1. The third-order valence-electron chi connectivity index (χ3n) is 5.04. The maximum absolute atomic E-state index is 15.1. The number of aromatic nitrogens is 1. The first-order valence-corrected chi connectivity index (χ1v) is 9.86. The van der Waals surface area contributed by atoms with Gasteiger partial charge in [0.2, 0.25) is 5.43 Å². The van der Waals surface area contributed by atoms with Crippen LogP contribution in [0.4, 0.5) is 15.8 Å². The number of rotatable bonds is 8. The van der Waals surface area contributed by atoms with Crippen LogP contribution in [0.3, 0.4) is 0 Å². The number of hydrogen-bond acceptors (Lipinski definition) is 7. The van der Waals surface area contributed by atoms with Crippen LogP contribution in [0.15, 0.2) is 35.0 Å². The topological polar surface area (TPSA) is 131 Å². The maximum atomic E-state index is 15.1. The first-order chi connectivity index (χ1) is 14.8. The van der Waals surface area contributed by atoms with Gasteiger partial charge in [-0.15, -0.1) is 0 Å². The second kappa shape index (κ2) is 8.99. The zero-order valence-electron chi connectivity index (χ0n) is 17.6. The van der Waals surface area contributed by atoms with Crippen LogP contribution in [-0.4, -0.2) is 42.4 Å². The molecular formula is C21H26FN5O4. The minimum Gasteiger partial charge on any atom is -0.487 e. The van der Waals surface area contributed by atoms with E-state index < -0.39 is 28.5 Å². The first-order valence-electron chi connectivity index (χ1n) is 9.86. The van der Waals surface area contributed by atoms with Crippen LogP contribution in [0.25, 0.3) is 10.9 Å². The summed E-state index contributed by atoms with van der Waals surface area (Å²) in [5.74, 6) is -1.30. The normalized spacial score (nSPS) is 15.7. The lowest BCUT2D eigenvalue weighted by molar-refractivity contribution is 0.0694. The molecule has 0 saturated heterocycles. The molecule has 9 nitrogen and oxygen atoms in total. The number of pyridine rings is 1. The van der Waals surface area contributed by atoms with Crippen molar-refractivity contribution in [2.24, 2.45) is 0 Å². The molecule has 166 valence electrons. The van der Waals surface area contributed by atoms with E-state index in [4.69, 9.17) is 10.5 Å². The zero-order valence-corrected chi connectivity index (χ0v) is 17.6. The number of nitrogens with two attached hydrogens (primary N) is 1. The Labute approximate surface area is 178 Å². The molecule has 2 heterocycles. The van der Waals surface area contributed by atoms with Gasteiger partial charge in [0.15, 0.2) is 11.6 Å². The summed E-state index contributed by atoms with van der Waals surface area (Å²) in [7, 11) is 1.78. The maximum Gasteiger partial charge on any atom is 0.341 e. The molecule has 0 amide bonds. The highest BCUT2D eigenvalue weighted by Gasteiger charge is 2.30. The Kier molecular flexibility index (Phi) is 6.38. The van der Waals surface area contributed by atoms with Crippen LogP contribution in [-0.2, 0) is 0 Å². The lowest BCUT2D eigenvalue weighted by Gasteiger charge is -2.29. The summed E-state index contributed by atoms with van der Waals surface area (Å²) < 4.78 is 22.5. The van der Waals surface area contributed by atoms with Crippen molar-refractivity contribution in [1.82, 2.24) is 15.2 Å². The summed E-state index contributed by atoms with van der Waals surface area (Å²) >= 11 is 0. The Morgan fingerprint density at radius 3 is 2.84 bits per heavy atom. The van der Waals surface area contributed by atoms with Gasteiger partial charge in [-0.1, -0.05) is 12.2 Å². The highest BCUT2D eigenvalue weighted by molar-refractivity contribution is 6.03. The third-order valence-corrected chi connectivity index (χ3v) is 5.04. The average molecular weight is 431 g/mol. The highest BCUT2D eigenvalue weighted by Crippen LogP contribution is 2.42. The summed E-state index contributed by atoms with van der Waals surface area (Å²) in [6.07, 6.45) is 6.89. The van der Waals surface area contributed by atoms with E-state index >= 15 is 4.39 Å². The number of nitrogens with one attached hydrogen (secondary N) is 3. The molecule has 1 aliphatic heterocycles. The molecule has 31 heavy (non-hydrogen) atoms. The second-order valence-electron chi connectivity index (χ2n) is 7.11. The van der Waals surface area contributed by atoms with E-state index in [2.05, 4.69) is 16.0 Å². The Morgan fingerprint density at radius 1 is 1.45 bits per heavy atom. The number of carboxylic acids is 1. The molecule has 0 bridgehead atoms. The molecule has 1 aromatic heterocycles. The summed E-state index contributed by atoms with van der Waals surface area (Å²) in [5.41, 5.74) is 4.58. The largest absolute Gasteiger partial charge is 0.487 e. The fraction of sp³-hybridized carbons (Fsp3) is 0.333. The van der Waals surface area contributed by atoms with Gasteiger partial charge in [-0.2, -0.15) is 0 Å². The molecule has 1 unspecified atom stereocenters. The van der Waals surface area contributed by atoms with Gasteiger partial charge in [0.1, 0.15) is 17.9 Å². The lowest BCUT2D eigenvalue weighted by Crippen LogP contribution is -2.30. The fourth-order valence-corrected chi connectivity index (χ4v) is 3.47. The van der Waals surface area contributed by atoms with Crippen molar-refractivity contribution in [3.05, 3.63) is 51.8 Å². The predicted octanol–water partition coefficient (Wildman–Crippen LogP) is 2.01. The molecule has 10 heteroatoms. The predicted molar refractivity (Wildman–Crippen MR) is 118 cm³/mol. The standard InChI is InChI=1S/C21H26FN5O4/c1-4-5-6-13(24-3)25-7-8-26-17-15(22)16(23)14-18-20(17)31-10-11(2)27(18)9-12(19(14)28)21(29)30/h4-6,9,11,24-26H,7-8,10,23H2,1-3H3,(H,29,30)/b5-4-,13-6+. The van der Waals surface area contributed by atoms with Crippen molar-refractivity contribution in [1.29, 1.82) is 0 Å². The second-order valence-corrected chi connectivity index (χ2v) is 7.11. The molecule has 3 rings (SSSR count). The van der Waals surface area contributed by atoms with Gasteiger partial charge < -0.3 is 36.1 Å². The van der Waals surface area contributed by atoms with Crippen LogP contribution < -0.4 is 31.8 Å². The number of carbonyl (C=O) groups is 1. The van der Waals surface area contributed by atoms with E-state index in [-0.39, 0.29) is 35.0 Å². The Bertz CT molecular complexity index is 1140. The van der Waals surface area contributed by atoms with Crippen molar-refractivity contribution in [3.63, 3.8) is 0 Å². The monoisotopic (exact) mass is 431 g/mol. The molecule has 0 aliphatic carbocycles. The van der Waals surface area contributed by atoms with Crippen LogP contribution in [0.2, 0.25) is 0 Å². The van der Waals surface area contributed by atoms with Crippen molar-refractivity contribution >= 4 is 28.2 Å². The molecule has 0 saturated carbocycles. The molecule has 2 aromatic rings. The molecule has 0 radical (unpaired) electrons. The number of hydrogen-bond donors (Lipinski definition) is 5. The van der Waals surface area contributed by atoms with Gasteiger partial charge >= 0.3 is 5.97 Å². The molecular weight excluding hydrogens is 405 g/mol. The Balaban J connectivity index is 2.01. The van der Waals surface area contributed by atoms with E-state index in [0.29, 0.717) is 13.1 Å². The van der Waals surface area contributed by atoms with Crippen LogP contribution in [0.1, 0.15) is 30.2 Å². The average Bonchev–Trinajstić information content (AvgIpc) is 2.74.